The van der Waals surface area contributed by atoms with Crippen LogP contribution in [0.1, 0.15) is 32.9 Å². The molecule has 14 heavy (non-hydrogen) atoms. The van der Waals surface area contributed by atoms with Crippen molar-refractivity contribution in [3.8, 4) is 0 Å². The average molecular weight is 266 g/mol. The quantitative estimate of drug-likeness (QED) is 0.774. The highest BCUT2D eigenvalue weighted by molar-refractivity contribution is 9.10. The molecule has 4 heteroatoms. The summed E-state index contributed by atoms with van der Waals surface area (Å²) in [6.07, 6.45) is 1.15. The van der Waals surface area contributed by atoms with Crippen molar-refractivity contribution >= 4 is 15.9 Å². The van der Waals surface area contributed by atoms with Crippen LogP contribution in [0.15, 0.2) is 22.8 Å². The van der Waals surface area contributed by atoms with Crippen LogP contribution in [-0.4, -0.2) is 4.98 Å². The molecule has 0 aliphatic heterocycles. The summed E-state index contributed by atoms with van der Waals surface area (Å²) in [5.41, 5.74) is -0.173. The molecule has 1 nitrogen and oxygen atoms in total. The van der Waals surface area contributed by atoms with Crippen molar-refractivity contribution < 1.29 is 8.78 Å². The molecule has 0 saturated heterocycles. The summed E-state index contributed by atoms with van der Waals surface area (Å²) in [5.74, 6) is -2.80. The van der Waals surface area contributed by atoms with E-state index in [0.717, 1.165) is 0 Å². The Morgan fingerprint density at radius 2 is 1.93 bits per heavy atom. The summed E-state index contributed by atoms with van der Waals surface area (Å²) < 4.78 is 26.6. The summed E-state index contributed by atoms with van der Waals surface area (Å²) >= 11 is 3.13. The van der Waals surface area contributed by atoms with Crippen LogP contribution in [0.2, 0.25) is 0 Å². The van der Waals surface area contributed by atoms with Gasteiger partial charge in [-0.05, 0) is 28.1 Å². The summed E-state index contributed by atoms with van der Waals surface area (Å²) in [4.78, 5) is 3.62. The first kappa shape index (κ1) is 13.5. The molecule has 0 unspecified atom stereocenters. The lowest BCUT2D eigenvalue weighted by Gasteiger charge is -2.12. The summed E-state index contributed by atoms with van der Waals surface area (Å²) in [6, 6.07) is 2.89. The second kappa shape index (κ2) is 6.06. The molecule has 0 bridgehead atoms. The van der Waals surface area contributed by atoms with Crippen molar-refractivity contribution in [1.29, 1.82) is 0 Å². The van der Waals surface area contributed by atoms with Gasteiger partial charge in [0.25, 0.3) is 5.92 Å². The third-order valence-corrected chi connectivity index (χ3v) is 2.02. The van der Waals surface area contributed by atoms with E-state index >= 15 is 0 Å². The van der Waals surface area contributed by atoms with Crippen LogP contribution >= 0.6 is 15.9 Å². The van der Waals surface area contributed by atoms with Gasteiger partial charge in [0, 0.05) is 17.1 Å². The van der Waals surface area contributed by atoms with Gasteiger partial charge in [0.05, 0.1) is 0 Å². The molecule has 0 aromatic carbocycles. The Morgan fingerprint density at radius 1 is 1.36 bits per heavy atom. The fraction of sp³-hybridized carbons (Fsp3) is 0.500. The van der Waals surface area contributed by atoms with Crippen molar-refractivity contribution in [2.24, 2.45) is 0 Å². The van der Waals surface area contributed by atoms with Crippen molar-refractivity contribution in [1.82, 2.24) is 4.98 Å². The molecule has 0 radical (unpaired) electrons. The van der Waals surface area contributed by atoms with Crippen LogP contribution in [0.4, 0.5) is 8.78 Å². The molecule has 0 N–H and O–H groups in total. The maximum atomic E-state index is 12.9. The number of pyridine rings is 1. The maximum absolute atomic E-state index is 12.9. The van der Waals surface area contributed by atoms with E-state index in [1.54, 1.807) is 6.07 Å². The zero-order valence-electron chi connectivity index (χ0n) is 8.52. The Balaban J connectivity index is 0.000000791. The Morgan fingerprint density at radius 3 is 2.29 bits per heavy atom. The molecular weight excluding hydrogens is 252 g/mol. The van der Waals surface area contributed by atoms with Gasteiger partial charge in [-0.2, -0.15) is 8.78 Å². The predicted octanol–water partition coefficient (Wildman–Crippen LogP) is 4.37. The number of rotatable bonds is 2. The standard InChI is InChI=1S/C8H8BrF2N.C2H6/c1-2-8(10,11)7-4-3-6(9)5-12-7;1-2/h3-5H,2H2,1H3;1-2H3. The molecule has 0 spiro atoms. The zero-order chi connectivity index (χ0) is 11.2. The monoisotopic (exact) mass is 265 g/mol. The van der Waals surface area contributed by atoms with Gasteiger partial charge in [-0.15, -0.1) is 0 Å². The molecule has 0 aliphatic rings. The molecule has 1 rings (SSSR count). The van der Waals surface area contributed by atoms with Crippen molar-refractivity contribution in [2.75, 3.05) is 0 Å². The van der Waals surface area contributed by atoms with Gasteiger partial charge in [0.2, 0.25) is 0 Å². The molecule has 1 aromatic rings. The topological polar surface area (TPSA) is 12.9 Å². The van der Waals surface area contributed by atoms with E-state index in [4.69, 9.17) is 0 Å². The first-order valence-electron chi connectivity index (χ1n) is 4.56. The number of alkyl halides is 2. The Bertz CT molecular complexity index is 259. The summed E-state index contributed by atoms with van der Waals surface area (Å²) in [5, 5.41) is 0. The van der Waals surface area contributed by atoms with E-state index in [0.29, 0.717) is 4.47 Å². The second-order valence-corrected chi connectivity index (χ2v) is 3.34. The molecule has 1 heterocycles. The third-order valence-electron chi connectivity index (χ3n) is 1.55. The van der Waals surface area contributed by atoms with Gasteiger partial charge >= 0.3 is 0 Å². The molecule has 1 aromatic heterocycles. The minimum Gasteiger partial charge on any atom is -0.254 e. The number of halogens is 3. The number of aromatic nitrogens is 1. The maximum Gasteiger partial charge on any atom is 0.289 e. The van der Waals surface area contributed by atoms with Crippen LogP contribution < -0.4 is 0 Å². The zero-order valence-corrected chi connectivity index (χ0v) is 10.1. The summed E-state index contributed by atoms with van der Waals surface area (Å²) in [7, 11) is 0. The second-order valence-electron chi connectivity index (χ2n) is 2.42. The van der Waals surface area contributed by atoms with E-state index in [1.165, 1.54) is 19.2 Å². The Kier molecular flexibility index (Phi) is 5.84. The SMILES string of the molecule is CC.CCC(F)(F)c1ccc(Br)cn1. The fourth-order valence-electron chi connectivity index (χ4n) is 0.773. The van der Waals surface area contributed by atoms with Gasteiger partial charge in [-0.3, -0.25) is 4.98 Å². The molecule has 0 atom stereocenters. The normalized spacial score (nSPS) is 10.4. The van der Waals surface area contributed by atoms with Crippen LogP contribution in [0.25, 0.3) is 0 Å². The van der Waals surface area contributed by atoms with Gasteiger partial charge in [0.1, 0.15) is 5.69 Å². The van der Waals surface area contributed by atoms with Crippen molar-refractivity contribution in [3.63, 3.8) is 0 Å². The van der Waals surface area contributed by atoms with Crippen LogP contribution in [0, 0.1) is 0 Å². The largest absolute Gasteiger partial charge is 0.289 e. The highest BCUT2D eigenvalue weighted by Gasteiger charge is 2.30. The average Bonchev–Trinajstić information content (AvgIpc) is 2.21. The van der Waals surface area contributed by atoms with Crippen LogP contribution in [0.5, 0.6) is 0 Å². The smallest absolute Gasteiger partial charge is 0.254 e. The molecule has 0 amide bonds. The van der Waals surface area contributed by atoms with E-state index in [2.05, 4.69) is 20.9 Å². The van der Waals surface area contributed by atoms with Crippen molar-refractivity contribution in [3.05, 3.63) is 28.5 Å². The lowest BCUT2D eigenvalue weighted by molar-refractivity contribution is -0.0128. The van der Waals surface area contributed by atoms with Gasteiger partial charge < -0.3 is 0 Å². The molecule has 0 fully saturated rings. The van der Waals surface area contributed by atoms with Crippen LogP contribution in [0.3, 0.4) is 0 Å². The minimum absolute atomic E-state index is 0.173. The summed E-state index contributed by atoms with van der Waals surface area (Å²) in [6.45, 7) is 5.43. The predicted molar refractivity (Wildman–Crippen MR) is 57.5 cm³/mol. The van der Waals surface area contributed by atoms with Gasteiger partial charge in [-0.1, -0.05) is 20.8 Å². The van der Waals surface area contributed by atoms with E-state index < -0.39 is 5.92 Å². The Hall–Kier alpha value is -0.510. The highest BCUT2D eigenvalue weighted by atomic mass is 79.9. The number of nitrogens with zero attached hydrogens (tertiary/aromatic N) is 1. The molecule has 0 saturated carbocycles. The number of hydrogen-bond acceptors (Lipinski definition) is 1. The van der Waals surface area contributed by atoms with E-state index in [1.807, 2.05) is 13.8 Å². The number of hydrogen-bond donors (Lipinski definition) is 0. The Labute approximate surface area is 91.7 Å². The van der Waals surface area contributed by atoms with Gasteiger partial charge in [-0.25, -0.2) is 0 Å². The lowest BCUT2D eigenvalue weighted by Crippen LogP contribution is -2.13. The van der Waals surface area contributed by atoms with Crippen molar-refractivity contribution in [2.45, 2.75) is 33.1 Å². The minimum atomic E-state index is -2.80. The first-order chi connectivity index (χ1) is 6.56. The molecule has 80 valence electrons. The van der Waals surface area contributed by atoms with Gasteiger partial charge in [0.15, 0.2) is 0 Å². The van der Waals surface area contributed by atoms with E-state index in [-0.39, 0.29) is 12.1 Å². The van der Waals surface area contributed by atoms with E-state index in [9.17, 15) is 8.78 Å². The third kappa shape index (κ3) is 3.70. The van der Waals surface area contributed by atoms with Crippen LogP contribution in [-0.2, 0) is 5.92 Å². The molecular formula is C10H14BrF2N. The fourth-order valence-corrected chi connectivity index (χ4v) is 1.01. The first-order valence-corrected chi connectivity index (χ1v) is 5.35. The molecule has 0 aliphatic carbocycles. The highest BCUT2D eigenvalue weighted by Crippen LogP contribution is 2.29. The lowest BCUT2D eigenvalue weighted by atomic mass is 10.2.